The Morgan fingerprint density at radius 1 is 1.36 bits per heavy atom. The summed E-state index contributed by atoms with van der Waals surface area (Å²) >= 11 is 0. The lowest BCUT2D eigenvalue weighted by Crippen LogP contribution is -2.45. The van der Waals surface area contributed by atoms with E-state index in [0.29, 0.717) is 5.92 Å². The molecule has 1 aliphatic heterocycles. The van der Waals surface area contributed by atoms with Gasteiger partial charge in [0, 0.05) is 25.8 Å². The van der Waals surface area contributed by atoms with E-state index in [1.54, 1.807) is 6.20 Å². The van der Waals surface area contributed by atoms with E-state index in [-0.39, 0.29) is 5.91 Å². The second-order valence-electron chi connectivity index (χ2n) is 5.81. The van der Waals surface area contributed by atoms with Crippen LogP contribution < -0.4 is 5.73 Å². The van der Waals surface area contributed by atoms with Gasteiger partial charge >= 0.3 is 0 Å². The van der Waals surface area contributed by atoms with Crippen molar-refractivity contribution in [1.29, 1.82) is 0 Å². The molecule has 6 nitrogen and oxygen atoms in total. The van der Waals surface area contributed by atoms with E-state index in [4.69, 9.17) is 5.73 Å². The SMILES string of the molecule is N[C@H](C(=O)N1CCC[C@@H](Cn2ccnn2)C1)c1ccccc1. The van der Waals surface area contributed by atoms with E-state index in [1.165, 1.54) is 0 Å². The maximum Gasteiger partial charge on any atom is 0.244 e. The lowest BCUT2D eigenvalue weighted by Gasteiger charge is -2.34. The van der Waals surface area contributed by atoms with Crippen molar-refractivity contribution in [2.75, 3.05) is 13.1 Å². The molecule has 0 aliphatic carbocycles. The number of nitrogens with zero attached hydrogens (tertiary/aromatic N) is 4. The average molecular weight is 299 g/mol. The van der Waals surface area contributed by atoms with Crippen LogP contribution in [0.4, 0.5) is 0 Å². The molecule has 2 heterocycles. The van der Waals surface area contributed by atoms with Gasteiger partial charge < -0.3 is 10.6 Å². The largest absolute Gasteiger partial charge is 0.341 e. The predicted octanol–water partition coefficient (Wildman–Crippen LogP) is 1.22. The second-order valence-corrected chi connectivity index (χ2v) is 5.81. The molecule has 0 spiro atoms. The highest BCUT2D eigenvalue weighted by molar-refractivity contribution is 5.83. The summed E-state index contributed by atoms with van der Waals surface area (Å²) < 4.78 is 1.83. The first-order valence-corrected chi connectivity index (χ1v) is 7.67. The molecule has 1 aromatic heterocycles. The first-order chi connectivity index (χ1) is 10.7. The average Bonchev–Trinajstić information content (AvgIpc) is 3.07. The molecule has 1 saturated heterocycles. The molecule has 0 radical (unpaired) electrons. The molecule has 2 aromatic rings. The van der Waals surface area contributed by atoms with Gasteiger partial charge in [0.1, 0.15) is 6.04 Å². The Morgan fingerprint density at radius 2 is 2.18 bits per heavy atom. The Kier molecular flexibility index (Phi) is 4.48. The maximum absolute atomic E-state index is 12.6. The maximum atomic E-state index is 12.6. The number of rotatable bonds is 4. The van der Waals surface area contributed by atoms with Crippen LogP contribution in [0.15, 0.2) is 42.7 Å². The number of piperidine rings is 1. The monoisotopic (exact) mass is 299 g/mol. The fourth-order valence-electron chi connectivity index (χ4n) is 3.01. The quantitative estimate of drug-likeness (QED) is 0.921. The van der Waals surface area contributed by atoms with Crippen molar-refractivity contribution in [1.82, 2.24) is 19.9 Å². The molecule has 116 valence electrons. The molecule has 1 aliphatic rings. The number of carbonyl (C=O) groups is 1. The Morgan fingerprint density at radius 3 is 2.91 bits per heavy atom. The van der Waals surface area contributed by atoms with Gasteiger partial charge in [0.05, 0.1) is 6.20 Å². The zero-order chi connectivity index (χ0) is 15.4. The Balaban J connectivity index is 1.62. The fraction of sp³-hybridized carbons (Fsp3) is 0.438. The van der Waals surface area contributed by atoms with Gasteiger partial charge in [-0.2, -0.15) is 0 Å². The van der Waals surface area contributed by atoms with Crippen molar-refractivity contribution in [2.24, 2.45) is 11.7 Å². The van der Waals surface area contributed by atoms with Gasteiger partial charge in [-0.1, -0.05) is 35.5 Å². The molecule has 2 N–H and O–H groups in total. The minimum atomic E-state index is -0.577. The van der Waals surface area contributed by atoms with Crippen LogP contribution in [0.25, 0.3) is 0 Å². The number of amides is 1. The van der Waals surface area contributed by atoms with Crippen LogP contribution >= 0.6 is 0 Å². The van der Waals surface area contributed by atoms with Crippen LogP contribution in [0.2, 0.25) is 0 Å². The van der Waals surface area contributed by atoms with E-state index in [1.807, 2.05) is 46.1 Å². The first kappa shape index (κ1) is 14.7. The minimum absolute atomic E-state index is 0.00879. The van der Waals surface area contributed by atoms with Gasteiger partial charge in [0.2, 0.25) is 5.91 Å². The summed E-state index contributed by atoms with van der Waals surface area (Å²) in [5, 5.41) is 7.82. The number of nitrogens with two attached hydrogens (primary N) is 1. The molecule has 3 rings (SSSR count). The third-order valence-electron chi connectivity index (χ3n) is 4.17. The number of carbonyl (C=O) groups excluding carboxylic acids is 1. The lowest BCUT2D eigenvalue weighted by molar-refractivity contribution is -0.134. The van der Waals surface area contributed by atoms with Gasteiger partial charge in [-0.05, 0) is 24.3 Å². The highest BCUT2D eigenvalue weighted by Crippen LogP contribution is 2.21. The smallest absolute Gasteiger partial charge is 0.244 e. The summed E-state index contributed by atoms with van der Waals surface area (Å²) in [6.07, 6.45) is 5.64. The summed E-state index contributed by atoms with van der Waals surface area (Å²) in [6.45, 7) is 2.32. The lowest BCUT2D eigenvalue weighted by atomic mass is 9.96. The molecular weight excluding hydrogens is 278 g/mol. The van der Waals surface area contributed by atoms with Crippen LogP contribution in [0.1, 0.15) is 24.4 Å². The summed E-state index contributed by atoms with van der Waals surface area (Å²) in [7, 11) is 0. The molecular formula is C16H21N5O. The van der Waals surface area contributed by atoms with E-state index in [2.05, 4.69) is 10.3 Å². The van der Waals surface area contributed by atoms with Crippen molar-refractivity contribution in [3.63, 3.8) is 0 Å². The normalized spacial score (nSPS) is 19.9. The van der Waals surface area contributed by atoms with Gasteiger partial charge in [0.15, 0.2) is 0 Å². The molecule has 0 bridgehead atoms. The predicted molar refractivity (Wildman–Crippen MR) is 82.7 cm³/mol. The van der Waals surface area contributed by atoms with Crippen molar-refractivity contribution in [3.05, 3.63) is 48.3 Å². The number of hydrogen-bond acceptors (Lipinski definition) is 4. The number of aromatic nitrogens is 3. The van der Waals surface area contributed by atoms with Crippen LogP contribution in [-0.2, 0) is 11.3 Å². The minimum Gasteiger partial charge on any atom is -0.341 e. The van der Waals surface area contributed by atoms with Crippen molar-refractivity contribution in [2.45, 2.75) is 25.4 Å². The highest BCUT2D eigenvalue weighted by atomic mass is 16.2. The number of benzene rings is 1. The summed E-state index contributed by atoms with van der Waals surface area (Å²) in [5.41, 5.74) is 7.00. The third-order valence-corrected chi connectivity index (χ3v) is 4.17. The van der Waals surface area contributed by atoms with Gasteiger partial charge in [-0.3, -0.25) is 9.48 Å². The first-order valence-electron chi connectivity index (χ1n) is 7.67. The molecule has 6 heteroatoms. The van der Waals surface area contributed by atoms with Gasteiger partial charge in [0.25, 0.3) is 0 Å². The molecule has 1 amide bonds. The van der Waals surface area contributed by atoms with Crippen LogP contribution in [0, 0.1) is 5.92 Å². The van der Waals surface area contributed by atoms with Gasteiger partial charge in [-0.25, -0.2) is 0 Å². The molecule has 1 fully saturated rings. The summed E-state index contributed by atoms with van der Waals surface area (Å²) in [5.74, 6) is 0.414. The molecule has 0 saturated carbocycles. The summed E-state index contributed by atoms with van der Waals surface area (Å²) in [4.78, 5) is 14.5. The Bertz CT molecular complexity index is 598. The molecule has 2 atom stereocenters. The topological polar surface area (TPSA) is 77.0 Å². The number of likely N-dealkylation sites (tertiary alicyclic amines) is 1. The summed E-state index contributed by atoms with van der Waals surface area (Å²) in [6, 6.07) is 8.97. The van der Waals surface area contributed by atoms with Crippen LogP contribution in [0.5, 0.6) is 0 Å². The molecule has 1 aromatic carbocycles. The third kappa shape index (κ3) is 3.33. The molecule has 22 heavy (non-hydrogen) atoms. The fourth-order valence-corrected chi connectivity index (χ4v) is 3.01. The van der Waals surface area contributed by atoms with Crippen LogP contribution in [0.3, 0.4) is 0 Å². The van der Waals surface area contributed by atoms with E-state index >= 15 is 0 Å². The highest BCUT2D eigenvalue weighted by Gasteiger charge is 2.28. The molecule has 0 unspecified atom stereocenters. The zero-order valence-electron chi connectivity index (χ0n) is 12.5. The Labute approximate surface area is 129 Å². The van der Waals surface area contributed by atoms with E-state index < -0.39 is 6.04 Å². The van der Waals surface area contributed by atoms with Crippen molar-refractivity contribution < 1.29 is 4.79 Å². The number of hydrogen-bond donors (Lipinski definition) is 1. The van der Waals surface area contributed by atoms with E-state index in [0.717, 1.165) is 38.0 Å². The standard InChI is InChI=1S/C16H21N5O/c17-15(14-6-2-1-3-7-14)16(22)20-9-4-5-13(11-20)12-21-10-8-18-19-21/h1-3,6-8,10,13,15H,4-5,9,11-12,17H2/t13-,15+/m1/s1. The van der Waals surface area contributed by atoms with Crippen molar-refractivity contribution in [3.8, 4) is 0 Å². The Hall–Kier alpha value is -2.21. The van der Waals surface area contributed by atoms with Gasteiger partial charge in [-0.15, -0.1) is 5.10 Å². The zero-order valence-corrected chi connectivity index (χ0v) is 12.5. The second kappa shape index (κ2) is 6.70. The van der Waals surface area contributed by atoms with Crippen LogP contribution in [-0.4, -0.2) is 38.9 Å². The van der Waals surface area contributed by atoms with E-state index in [9.17, 15) is 4.79 Å². The van der Waals surface area contributed by atoms with Crippen molar-refractivity contribution >= 4 is 5.91 Å².